The van der Waals surface area contributed by atoms with E-state index in [2.05, 4.69) is 15.1 Å². The standard InChI is InChI=1S/C21H38N4O4/c1-3-28-17(2)21(27)29-19-6-10-25(11-7-19)20(26)16-23-12-14-24(15-13-23)18-4-8-22-9-5-18/h17-19,22H,3-16H2,1-2H3. The molecule has 0 spiro atoms. The molecule has 1 atom stereocenters. The highest BCUT2D eigenvalue weighted by Gasteiger charge is 2.29. The SMILES string of the molecule is CCOC(C)C(=O)OC1CCN(C(=O)CN2CCN(C3CCNCC3)CC2)CC1. The zero-order valence-corrected chi connectivity index (χ0v) is 18.1. The van der Waals surface area contributed by atoms with Crippen LogP contribution in [0.4, 0.5) is 0 Å². The Morgan fingerprint density at radius 2 is 1.66 bits per heavy atom. The fraction of sp³-hybridized carbons (Fsp3) is 0.905. The average molecular weight is 411 g/mol. The van der Waals surface area contributed by atoms with Gasteiger partial charge in [-0.15, -0.1) is 0 Å². The highest BCUT2D eigenvalue weighted by atomic mass is 16.6. The van der Waals surface area contributed by atoms with Crippen molar-refractivity contribution in [3.8, 4) is 0 Å². The number of likely N-dealkylation sites (tertiary alicyclic amines) is 1. The number of nitrogens with one attached hydrogen (secondary N) is 1. The van der Waals surface area contributed by atoms with E-state index in [0.717, 1.165) is 39.3 Å². The van der Waals surface area contributed by atoms with Crippen molar-refractivity contribution in [1.29, 1.82) is 0 Å². The van der Waals surface area contributed by atoms with Gasteiger partial charge in [0.15, 0.2) is 6.10 Å². The van der Waals surface area contributed by atoms with Gasteiger partial charge in [-0.25, -0.2) is 4.79 Å². The van der Waals surface area contributed by atoms with Crippen molar-refractivity contribution in [3.63, 3.8) is 0 Å². The van der Waals surface area contributed by atoms with Gasteiger partial charge < -0.3 is 19.7 Å². The molecule has 1 unspecified atom stereocenters. The number of piperazine rings is 1. The van der Waals surface area contributed by atoms with E-state index in [4.69, 9.17) is 9.47 Å². The van der Waals surface area contributed by atoms with Crippen molar-refractivity contribution in [2.75, 3.05) is 65.5 Å². The Balaban J connectivity index is 1.33. The fourth-order valence-corrected chi connectivity index (χ4v) is 4.55. The molecule has 3 heterocycles. The van der Waals surface area contributed by atoms with Crippen molar-refractivity contribution in [2.24, 2.45) is 0 Å². The van der Waals surface area contributed by atoms with Gasteiger partial charge in [0.1, 0.15) is 6.10 Å². The van der Waals surface area contributed by atoms with Crippen LogP contribution in [0.1, 0.15) is 39.5 Å². The van der Waals surface area contributed by atoms with Gasteiger partial charge in [-0.3, -0.25) is 14.6 Å². The van der Waals surface area contributed by atoms with Crippen molar-refractivity contribution in [3.05, 3.63) is 0 Å². The highest BCUT2D eigenvalue weighted by molar-refractivity contribution is 5.78. The first-order chi connectivity index (χ1) is 14.1. The van der Waals surface area contributed by atoms with Crippen molar-refractivity contribution >= 4 is 11.9 Å². The number of nitrogens with zero attached hydrogens (tertiary/aromatic N) is 3. The Kier molecular flexibility index (Phi) is 8.71. The third-order valence-corrected chi connectivity index (χ3v) is 6.42. The van der Waals surface area contributed by atoms with Crippen LogP contribution in [-0.2, 0) is 19.1 Å². The number of hydrogen-bond donors (Lipinski definition) is 1. The van der Waals surface area contributed by atoms with Gasteiger partial charge in [0, 0.05) is 64.8 Å². The summed E-state index contributed by atoms with van der Waals surface area (Å²) in [6.07, 6.45) is 3.26. The van der Waals surface area contributed by atoms with Crippen LogP contribution < -0.4 is 5.32 Å². The molecule has 3 rings (SSSR count). The van der Waals surface area contributed by atoms with Gasteiger partial charge >= 0.3 is 5.97 Å². The Bertz CT molecular complexity index is 525. The number of carbonyl (C=O) groups is 2. The molecule has 0 aromatic heterocycles. The average Bonchev–Trinajstić information content (AvgIpc) is 2.75. The van der Waals surface area contributed by atoms with Gasteiger partial charge in [-0.05, 0) is 39.8 Å². The lowest BCUT2D eigenvalue weighted by Crippen LogP contribution is -2.54. The second-order valence-corrected chi connectivity index (χ2v) is 8.41. The fourth-order valence-electron chi connectivity index (χ4n) is 4.55. The van der Waals surface area contributed by atoms with E-state index in [1.54, 1.807) is 6.92 Å². The summed E-state index contributed by atoms with van der Waals surface area (Å²) in [6.45, 7) is 12.2. The molecule has 1 N–H and O–H groups in total. The lowest BCUT2D eigenvalue weighted by atomic mass is 10.0. The van der Waals surface area contributed by atoms with E-state index in [0.29, 0.717) is 45.1 Å². The molecule has 0 aromatic rings. The second kappa shape index (κ2) is 11.2. The monoisotopic (exact) mass is 410 g/mol. The van der Waals surface area contributed by atoms with E-state index in [1.165, 1.54) is 12.8 Å². The highest BCUT2D eigenvalue weighted by Crippen LogP contribution is 2.17. The molecule has 166 valence electrons. The Morgan fingerprint density at radius 1 is 1.00 bits per heavy atom. The number of piperidine rings is 2. The molecule has 8 nitrogen and oxygen atoms in total. The summed E-state index contributed by atoms with van der Waals surface area (Å²) >= 11 is 0. The van der Waals surface area contributed by atoms with Crippen LogP contribution >= 0.6 is 0 Å². The lowest BCUT2D eigenvalue weighted by molar-refractivity contribution is -0.163. The van der Waals surface area contributed by atoms with Gasteiger partial charge in [0.2, 0.25) is 5.91 Å². The third-order valence-electron chi connectivity index (χ3n) is 6.42. The summed E-state index contributed by atoms with van der Waals surface area (Å²) in [5, 5.41) is 3.43. The van der Waals surface area contributed by atoms with Crippen LogP contribution in [0.2, 0.25) is 0 Å². The Hall–Kier alpha value is -1.22. The predicted molar refractivity (Wildman–Crippen MR) is 111 cm³/mol. The first kappa shape index (κ1) is 22.5. The number of rotatable bonds is 7. The summed E-state index contributed by atoms with van der Waals surface area (Å²) in [4.78, 5) is 31.5. The quantitative estimate of drug-likeness (QED) is 0.606. The normalized spacial score (nSPS) is 24.4. The Labute approximate surface area is 174 Å². The summed E-state index contributed by atoms with van der Waals surface area (Å²) in [5.74, 6) is -0.101. The summed E-state index contributed by atoms with van der Waals surface area (Å²) in [5.41, 5.74) is 0. The Morgan fingerprint density at radius 3 is 2.28 bits per heavy atom. The largest absolute Gasteiger partial charge is 0.460 e. The molecule has 0 aromatic carbocycles. The molecule has 1 amide bonds. The van der Waals surface area contributed by atoms with Crippen molar-refractivity contribution in [2.45, 2.75) is 57.8 Å². The van der Waals surface area contributed by atoms with Crippen LogP contribution in [0.25, 0.3) is 0 Å². The minimum absolute atomic E-state index is 0.108. The van der Waals surface area contributed by atoms with Crippen LogP contribution in [0, 0.1) is 0 Å². The molecule has 0 aliphatic carbocycles. The number of hydrogen-bond acceptors (Lipinski definition) is 7. The van der Waals surface area contributed by atoms with Gasteiger partial charge in [-0.1, -0.05) is 0 Å². The molecule has 0 saturated carbocycles. The van der Waals surface area contributed by atoms with Gasteiger partial charge in [-0.2, -0.15) is 0 Å². The molecule has 3 aliphatic heterocycles. The van der Waals surface area contributed by atoms with E-state index in [1.807, 2.05) is 11.8 Å². The molecule has 29 heavy (non-hydrogen) atoms. The maximum Gasteiger partial charge on any atom is 0.335 e. The molecule has 3 saturated heterocycles. The zero-order valence-electron chi connectivity index (χ0n) is 18.1. The summed E-state index contributed by atoms with van der Waals surface area (Å²) < 4.78 is 10.8. The maximum absolute atomic E-state index is 12.7. The summed E-state index contributed by atoms with van der Waals surface area (Å²) in [7, 11) is 0. The maximum atomic E-state index is 12.7. The molecule has 3 fully saturated rings. The predicted octanol–water partition coefficient (Wildman–Crippen LogP) is 0.315. The molecular formula is C21H38N4O4. The molecule has 0 bridgehead atoms. The summed E-state index contributed by atoms with van der Waals surface area (Å²) in [6, 6.07) is 0.710. The molecular weight excluding hydrogens is 372 g/mol. The number of carbonyl (C=O) groups excluding carboxylic acids is 2. The third kappa shape index (κ3) is 6.64. The minimum Gasteiger partial charge on any atom is -0.460 e. The van der Waals surface area contributed by atoms with Crippen LogP contribution in [-0.4, -0.2) is 110 Å². The molecule has 3 aliphatic rings. The minimum atomic E-state index is -0.525. The van der Waals surface area contributed by atoms with E-state index >= 15 is 0 Å². The van der Waals surface area contributed by atoms with E-state index in [9.17, 15) is 9.59 Å². The van der Waals surface area contributed by atoms with Crippen LogP contribution in [0.5, 0.6) is 0 Å². The first-order valence-electron chi connectivity index (χ1n) is 11.3. The van der Waals surface area contributed by atoms with Crippen molar-refractivity contribution < 1.29 is 19.1 Å². The van der Waals surface area contributed by atoms with E-state index < -0.39 is 6.10 Å². The second-order valence-electron chi connectivity index (χ2n) is 8.41. The van der Waals surface area contributed by atoms with Crippen LogP contribution in [0.3, 0.4) is 0 Å². The van der Waals surface area contributed by atoms with Crippen molar-refractivity contribution in [1.82, 2.24) is 20.0 Å². The van der Waals surface area contributed by atoms with Crippen LogP contribution in [0.15, 0.2) is 0 Å². The van der Waals surface area contributed by atoms with Gasteiger partial charge in [0.25, 0.3) is 0 Å². The smallest absolute Gasteiger partial charge is 0.335 e. The first-order valence-corrected chi connectivity index (χ1v) is 11.3. The zero-order chi connectivity index (χ0) is 20.6. The lowest BCUT2D eigenvalue weighted by Gasteiger charge is -2.41. The van der Waals surface area contributed by atoms with E-state index in [-0.39, 0.29) is 18.0 Å². The topological polar surface area (TPSA) is 74.4 Å². The number of amides is 1. The molecule has 0 radical (unpaired) electrons. The number of esters is 1. The number of ether oxygens (including phenoxy) is 2. The van der Waals surface area contributed by atoms with Gasteiger partial charge in [0.05, 0.1) is 6.54 Å². The molecule has 8 heteroatoms.